The Balaban J connectivity index is 0.000000136. The maximum absolute atomic E-state index is 9.25. The topological polar surface area (TPSA) is 342 Å². The van der Waals surface area contributed by atoms with Crippen molar-refractivity contribution in [2.45, 2.75) is 84.1 Å². The summed E-state index contributed by atoms with van der Waals surface area (Å²) in [5.41, 5.74) is 21.5. The first-order valence-corrected chi connectivity index (χ1v) is 48.4. The van der Waals surface area contributed by atoms with E-state index in [2.05, 4.69) is 147 Å². The summed E-state index contributed by atoms with van der Waals surface area (Å²) in [7, 11) is 13.8. The number of aliphatic hydroxyl groups is 3. The van der Waals surface area contributed by atoms with E-state index in [9.17, 15) is 10.2 Å². The van der Waals surface area contributed by atoms with Crippen molar-refractivity contribution in [2.24, 2.45) is 14.1 Å². The maximum Gasteiger partial charge on any atom is 0.125 e. The molecule has 141 heavy (non-hydrogen) atoms. The fraction of sp³-hybridized carbons (Fsp3) is 0.364. The predicted molar refractivity (Wildman–Crippen MR) is 552 cm³/mol. The van der Waals surface area contributed by atoms with Crippen LogP contribution in [0.25, 0.3) is 89.2 Å². The van der Waals surface area contributed by atoms with Crippen LogP contribution in [-0.2, 0) is 20.6 Å². The Bertz CT molecular complexity index is 6470. The number of likely N-dealkylation sites (tertiary alicyclic amines) is 3. The summed E-state index contributed by atoms with van der Waals surface area (Å²) in [6, 6.07) is 48.4. The second-order valence-corrected chi connectivity index (χ2v) is 34.9. The largest absolute Gasteiger partial charge is 0.497 e. The number of rotatable bonds is 41. The molecule has 3 aliphatic rings. The van der Waals surface area contributed by atoms with Crippen LogP contribution in [0, 0.1) is 0 Å². The van der Waals surface area contributed by atoms with Crippen LogP contribution in [0.4, 0.5) is 45.5 Å². The number of aliphatic hydroxyl groups excluding tert-OH is 3. The molecule has 0 amide bonds. The third-order valence-electron chi connectivity index (χ3n) is 25.1. The number of nitrogens with zero attached hydrogens (tertiary/aromatic N) is 22. The van der Waals surface area contributed by atoms with Gasteiger partial charge in [0.15, 0.2) is 0 Å². The molecule has 19 rings (SSSR count). The van der Waals surface area contributed by atoms with Crippen LogP contribution in [0.3, 0.4) is 0 Å². The monoisotopic (exact) mass is 1910 g/mol. The normalized spacial score (nSPS) is 13.2. The molecule has 736 valence electrons. The average Bonchev–Trinajstić information content (AvgIpc) is 1.69. The summed E-state index contributed by atoms with van der Waals surface area (Å²) >= 11 is 0. The zero-order valence-electron chi connectivity index (χ0n) is 81.9. The van der Waals surface area contributed by atoms with Crippen molar-refractivity contribution < 1.29 is 53.2 Å². The first kappa shape index (κ1) is 99.3. The molecular weight excluding hydrogens is 1780 g/mol. The number of unbranched alkanes of at least 4 members (excludes halogenated alkanes) is 1. The highest BCUT2D eigenvalue weighted by Crippen LogP contribution is 2.41. The number of hydrogen-bond donors (Lipinski definition) is 4. The van der Waals surface area contributed by atoms with Gasteiger partial charge in [-0.05, 0) is 196 Å². The quantitative estimate of drug-likeness (QED) is 0.0276. The lowest BCUT2D eigenvalue weighted by Crippen LogP contribution is -2.26. The third-order valence-corrected chi connectivity index (χ3v) is 25.1. The molecule has 3 aliphatic heterocycles. The fourth-order valence-corrected chi connectivity index (χ4v) is 17.8. The lowest BCUT2D eigenvalue weighted by atomic mass is 10.1. The number of benzene rings is 8. The lowest BCUT2D eigenvalue weighted by Gasteiger charge is -2.27. The lowest BCUT2D eigenvalue weighted by molar-refractivity contribution is 0.201. The molecule has 16 aromatic rings. The molecule has 4 N–H and O–H groups in total. The molecule has 8 aromatic heterocycles. The highest BCUT2D eigenvalue weighted by molar-refractivity contribution is 5.87. The van der Waals surface area contributed by atoms with Crippen molar-refractivity contribution in [3.63, 3.8) is 0 Å². The van der Waals surface area contributed by atoms with E-state index in [1.165, 1.54) is 77.8 Å². The zero-order chi connectivity index (χ0) is 97.8. The number of hydrogen-bond acceptors (Lipinski definition) is 30. The summed E-state index contributed by atoms with van der Waals surface area (Å²) < 4.78 is 50.0. The van der Waals surface area contributed by atoms with Crippen molar-refractivity contribution in [3.05, 3.63) is 220 Å². The summed E-state index contributed by atoms with van der Waals surface area (Å²) in [5, 5.41) is 47.3. The van der Waals surface area contributed by atoms with Gasteiger partial charge in [0.2, 0.25) is 0 Å². The third kappa shape index (κ3) is 26.3. The molecule has 0 atom stereocenters. The van der Waals surface area contributed by atoms with Crippen LogP contribution < -0.4 is 57.5 Å². The van der Waals surface area contributed by atoms with E-state index in [0.29, 0.717) is 29.5 Å². The molecule has 0 spiro atoms. The van der Waals surface area contributed by atoms with Gasteiger partial charge in [0.25, 0.3) is 0 Å². The molecular formula is C107H127N23O11. The van der Waals surface area contributed by atoms with Crippen LogP contribution >= 0.6 is 0 Å². The van der Waals surface area contributed by atoms with Crippen LogP contribution in [0.1, 0.15) is 77.6 Å². The van der Waals surface area contributed by atoms with Gasteiger partial charge in [0.05, 0.1) is 186 Å². The van der Waals surface area contributed by atoms with Crippen LogP contribution in [0.5, 0.6) is 46.0 Å². The van der Waals surface area contributed by atoms with Gasteiger partial charge in [0, 0.05) is 206 Å². The average molecular weight is 1910 g/mol. The second-order valence-electron chi connectivity index (χ2n) is 34.9. The van der Waals surface area contributed by atoms with E-state index in [4.69, 9.17) is 62.9 Å². The molecule has 0 aliphatic carbocycles. The number of aromatic amines is 1. The number of methoxy groups -OCH3 is 6. The Labute approximate surface area is 822 Å². The zero-order valence-corrected chi connectivity index (χ0v) is 81.9. The Morgan fingerprint density at radius 2 is 0.617 bits per heavy atom. The molecule has 3 saturated heterocycles. The van der Waals surface area contributed by atoms with Crippen LogP contribution in [0.2, 0.25) is 0 Å². The molecule has 0 unspecified atom stereocenters. The van der Waals surface area contributed by atoms with E-state index in [1.807, 2.05) is 124 Å². The Hall–Kier alpha value is -14.7. The first-order valence-electron chi connectivity index (χ1n) is 48.4. The number of anilines is 8. The van der Waals surface area contributed by atoms with Gasteiger partial charge < -0.3 is 87.5 Å². The van der Waals surface area contributed by atoms with E-state index < -0.39 is 0 Å². The first-order chi connectivity index (χ1) is 69.1. The summed E-state index contributed by atoms with van der Waals surface area (Å²) in [5.74, 6) is 5.74. The Morgan fingerprint density at radius 1 is 0.312 bits per heavy atom. The van der Waals surface area contributed by atoms with Crippen molar-refractivity contribution in [1.29, 1.82) is 0 Å². The highest BCUT2D eigenvalue weighted by Gasteiger charge is 2.24. The minimum absolute atomic E-state index is 0.0382. The highest BCUT2D eigenvalue weighted by atomic mass is 16.5. The number of nitrogens with one attached hydrogen (secondary N) is 1. The smallest absolute Gasteiger partial charge is 0.125 e. The summed E-state index contributed by atoms with van der Waals surface area (Å²) in [4.78, 5) is 54.7. The molecule has 3 fully saturated rings. The van der Waals surface area contributed by atoms with E-state index in [-0.39, 0.29) is 33.0 Å². The van der Waals surface area contributed by atoms with Gasteiger partial charge in [-0.3, -0.25) is 39.1 Å². The molecule has 34 nitrogen and oxygen atoms in total. The molecule has 8 aromatic carbocycles. The molecule has 34 heteroatoms. The van der Waals surface area contributed by atoms with Crippen molar-refractivity contribution in [1.82, 2.24) is 94.1 Å². The Kier molecular flexibility index (Phi) is 34.7. The fourth-order valence-electron chi connectivity index (χ4n) is 17.8. The molecule has 0 saturated carbocycles. The predicted octanol–water partition coefficient (Wildman–Crippen LogP) is 17.2. The molecule has 0 radical (unpaired) electrons. The van der Waals surface area contributed by atoms with Gasteiger partial charge in [-0.1, -0.05) is 13.3 Å². The van der Waals surface area contributed by atoms with Crippen LogP contribution in [0.15, 0.2) is 220 Å². The standard InChI is InChI=1S/2C28H34N6O3.C26H30N6O2.C25H29N5O3/c2*1-32-20-21(18-30-32)28-19-29-26-7-6-22(16-27(26)31-28)34(11-5-10-33-8-3-4-9-33)23-14-24(36-2)17-25(15-23)37-13-12-35;1-33-22-12-21(13-23(15-22)34-2)32(11-5-10-31-8-3-4-9-31)20-6-7-24-25(14-20)30-26(18-27-24)19-16-28-29-17-19;1-4-5-8-30(20-11-21(32-2)14-22(12-20)33-3)19-6-7-23-24(13-19)28-25(16-26-23)18-15-27-29(17-18)9-10-31/h2*6-7,14-20,35H,3-5,8-13H2,1-2H3;6-7,12-18H,3-5,8-11H2,1-2H3,(H,28,29);6-7,11-17,31H,4-5,8-10H2,1-3H3. The van der Waals surface area contributed by atoms with Crippen molar-refractivity contribution >= 4 is 89.6 Å². The van der Waals surface area contributed by atoms with E-state index in [1.54, 1.807) is 106 Å². The number of fused-ring (bicyclic) bond motifs is 4. The van der Waals surface area contributed by atoms with E-state index in [0.717, 1.165) is 236 Å². The maximum atomic E-state index is 9.25. The number of aryl methyl sites for hydroxylation is 2. The Morgan fingerprint density at radius 3 is 0.908 bits per heavy atom. The number of ether oxygens (including phenoxy) is 8. The summed E-state index contributed by atoms with van der Waals surface area (Å²) in [6.07, 6.45) is 34.7. The minimum atomic E-state index is -0.0469. The molecule has 0 bridgehead atoms. The van der Waals surface area contributed by atoms with Crippen molar-refractivity contribution in [2.75, 3.05) is 180 Å². The van der Waals surface area contributed by atoms with Gasteiger partial charge in [-0.2, -0.15) is 20.4 Å². The molecule has 11 heterocycles. The number of aromatic nitrogens is 16. The summed E-state index contributed by atoms with van der Waals surface area (Å²) in [6.45, 7) is 16.7. The van der Waals surface area contributed by atoms with Gasteiger partial charge in [-0.25, -0.2) is 19.9 Å². The van der Waals surface area contributed by atoms with Gasteiger partial charge >= 0.3 is 0 Å². The van der Waals surface area contributed by atoms with Crippen molar-refractivity contribution in [3.8, 4) is 91.0 Å². The SMILES string of the molecule is CCCCN(c1cc(OC)cc(OC)c1)c1ccc2ncc(-c3cnn(CCO)c3)nc2c1.COc1cc(OC)cc(N(CCCN2CCCC2)c2ccc3ncc(-c4cn[nH]c4)nc3c2)c1.COc1cc(OCCO)cc(N(CCCN2CCCC2)c2ccc3ncc(-c4cnn(C)c4)nc3c2)c1.COc1cc(OCCO)cc(N(CCCN2CCCC2)c2ccc3ncc(-c4cnn(C)c4)nc3c2)c1. The number of H-pyrrole nitrogens is 1. The van der Waals surface area contributed by atoms with Gasteiger partial charge in [0.1, 0.15) is 59.2 Å². The van der Waals surface area contributed by atoms with Crippen LogP contribution in [-0.4, -0.2) is 270 Å². The van der Waals surface area contributed by atoms with E-state index >= 15 is 0 Å². The second kappa shape index (κ2) is 49.2. The minimum Gasteiger partial charge on any atom is -0.497 e. The van der Waals surface area contributed by atoms with Gasteiger partial charge in [-0.15, -0.1) is 0 Å².